The number of nitrogens with one attached hydrogen (secondary N) is 1. The summed E-state index contributed by atoms with van der Waals surface area (Å²) in [5, 5.41) is 3.00. The molecule has 2 heteroatoms. The van der Waals surface area contributed by atoms with Crippen LogP contribution in [0.1, 0.15) is 43.9 Å². The van der Waals surface area contributed by atoms with Crippen LogP contribution < -0.4 is 5.32 Å². The SMILES string of the molecule is Cc1cccc(-c2ccc(NC(=O)CCc3ccc(C(C)(C)C)cc3)cc2)c1. The van der Waals surface area contributed by atoms with E-state index in [1.165, 1.54) is 22.3 Å². The highest BCUT2D eigenvalue weighted by molar-refractivity contribution is 5.91. The van der Waals surface area contributed by atoms with Crippen molar-refractivity contribution in [3.8, 4) is 11.1 Å². The average Bonchev–Trinajstić information content (AvgIpc) is 2.67. The third-order valence-electron chi connectivity index (χ3n) is 4.98. The lowest BCUT2D eigenvalue weighted by Gasteiger charge is -2.19. The maximum Gasteiger partial charge on any atom is 0.224 e. The van der Waals surface area contributed by atoms with Crippen LogP contribution in [0.3, 0.4) is 0 Å². The smallest absolute Gasteiger partial charge is 0.224 e. The van der Waals surface area contributed by atoms with Crippen LogP contribution in [0.5, 0.6) is 0 Å². The first kappa shape index (κ1) is 19.9. The van der Waals surface area contributed by atoms with Gasteiger partial charge in [-0.05, 0) is 53.1 Å². The van der Waals surface area contributed by atoms with E-state index in [0.29, 0.717) is 6.42 Å². The fraction of sp³-hybridized carbons (Fsp3) is 0.269. The second kappa shape index (κ2) is 8.43. The van der Waals surface area contributed by atoms with Crippen molar-refractivity contribution in [3.63, 3.8) is 0 Å². The Morgan fingerprint density at radius 2 is 1.54 bits per heavy atom. The third kappa shape index (κ3) is 5.32. The van der Waals surface area contributed by atoms with Crippen LogP contribution in [0, 0.1) is 6.92 Å². The minimum atomic E-state index is 0.0446. The molecule has 0 aromatic heterocycles. The Balaban J connectivity index is 1.55. The Morgan fingerprint density at radius 1 is 0.857 bits per heavy atom. The molecule has 0 saturated heterocycles. The lowest BCUT2D eigenvalue weighted by atomic mass is 9.86. The molecular weight excluding hydrogens is 342 g/mol. The molecule has 3 rings (SSSR count). The van der Waals surface area contributed by atoms with Gasteiger partial charge in [-0.15, -0.1) is 0 Å². The van der Waals surface area contributed by atoms with E-state index in [4.69, 9.17) is 0 Å². The molecule has 2 nitrogen and oxygen atoms in total. The van der Waals surface area contributed by atoms with Gasteiger partial charge in [0.05, 0.1) is 0 Å². The standard InChI is InChI=1S/C26H29NO/c1-19-6-5-7-22(18-19)21-11-15-24(16-12-21)27-25(28)17-10-20-8-13-23(14-9-20)26(2,3)4/h5-9,11-16,18H,10,17H2,1-4H3,(H,27,28). The van der Waals surface area contributed by atoms with Gasteiger partial charge in [-0.2, -0.15) is 0 Å². The second-order valence-corrected chi connectivity index (χ2v) is 8.44. The molecule has 0 fully saturated rings. The number of aryl methyl sites for hydroxylation is 2. The van der Waals surface area contributed by atoms with E-state index < -0.39 is 0 Å². The Hall–Kier alpha value is -2.87. The Labute approximate surface area is 168 Å². The van der Waals surface area contributed by atoms with E-state index in [0.717, 1.165) is 17.7 Å². The summed E-state index contributed by atoms with van der Waals surface area (Å²) in [6.07, 6.45) is 1.23. The molecule has 0 radical (unpaired) electrons. The highest BCUT2D eigenvalue weighted by Crippen LogP contribution is 2.23. The number of rotatable bonds is 5. The van der Waals surface area contributed by atoms with Crippen molar-refractivity contribution in [3.05, 3.63) is 89.5 Å². The fourth-order valence-electron chi connectivity index (χ4n) is 3.22. The molecule has 0 heterocycles. The predicted molar refractivity (Wildman–Crippen MR) is 119 cm³/mol. The Morgan fingerprint density at radius 3 is 2.14 bits per heavy atom. The van der Waals surface area contributed by atoms with Crippen molar-refractivity contribution >= 4 is 11.6 Å². The molecule has 3 aromatic carbocycles. The zero-order valence-corrected chi connectivity index (χ0v) is 17.3. The molecule has 0 unspecified atom stereocenters. The quantitative estimate of drug-likeness (QED) is 0.543. The van der Waals surface area contributed by atoms with Crippen LogP contribution in [0.4, 0.5) is 5.69 Å². The van der Waals surface area contributed by atoms with Crippen molar-refractivity contribution < 1.29 is 4.79 Å². The number of carbonyl (C=O) groups excluding carboxylic acids is 1. The molecule has 0 atom stereocenters. The number of hydrogen-bond donors (Lipinski definition) is 1. The van der Waals surface area contributed by atoms with Gasteiger partial charge in [-0.1, -0.05) is 87.0 Å². The summed E-state index contributed by atoms with van der Waals surface area (Å²) in [6, 6.07) is 25.0. The van der Waals surface area contributed by atoms with Gasteiger partial charge in [0.2, 0.25) is 5.91 Å². The van der Waals surface area contributed by atoms with Gasteiger partial charge in [-0.25, -0.2) is 0 Å². The number of hydrogen-bond acceptors (Lipinski definition) is 1. The summed E-state index contributed by atoms with van der Waals surface area (Å²) in [4.78, 5) is 12.3. The Kier molecular flexibility index (Phi) is 5.99. The van der Waals surface area contributed by atoms with Gasteiger partial charge in [0, 0.05) is 12.1 Å². The summed E-state index contributed by atoms with van der Waals surface area (Å²) >= 11 is 0. The molecule has 144 valence electrons. The first-order chi connectivity index (χ1) is 13.3. The molecule has 0 aliphatic carbocycles. The summed E-state index contributed by atoms with van der Waals surface area (Å²) in [5.41, 5.74) is 7.08. The average molecular weight is 372 g/mol. The molecule has 0 saturated carbocycles. The monoisotopic (exact) mass is 371 g/mol. The first-order valence-corrected chi connectivity index (χ1v) is 9.88. The molecule has 0 aliphatic heterocycles. The second-order valence-electron chi connectivity index (χ2n) is 8.44. The van der Waals surface area contributed by atoms with Crippen molar-refractivity contribution in [2.45, 2.75) is 46.0 Å². The lowest BCUT2D eigenvalue weighted by molar-refractivity contribution is -0.116. The lowest BCUT2D eigenvalue weighted by Crippen LogP contribution is -2.13. The zero-order valence-electron chi connectivity index (χ0n) is 17.3. The van der Waals surface area contributed by atoms with E-state index in [1.807, 2.05) is 12.1 Å². The Bertz CT molecular complexity index is 931. The van der Waals surface area contributed by atoms with Crippen LogP contribution in [0.15, 0.2) is 72.8 Å². The van der Waals surface area contributed by atoms with Crippen molar-refractivity contribution in [2.24, 2.45) is 0 Å². The van der Waals surface area contributed by atoms with Crippen LogP contribution in [-0.4, -0.2) is 5.91 Å². The number of anilines is 1. The summed E-state index contributed by atoms with van der Waals surface area (Å²) in [6.45, 7) is 8.72. The molecule has 0 aliphatic rings. The van der Waals surface area contributed by atoms with Crippen molar-refractivity contribution in [1.82, 2.24) is 0 Å². The maximum absolute atomic E-state index is 12.3. The van der Waals surface area contributed by atoms with Crippen molar-refractivity contribution in [1.29, 1.82) is 0 Å². The zero-order chi connectivity index (χ0) is 20.1. The third-order valence-corrected chi connectivity index (χ3v) is 4.98. The molecule has 1 amide bonds. The molecule has 0 spiro atoms. The highest BCUT2D eigenvalue weighted by Gasteiger charge is 2.13. The summed E-state index contributed by atoms with van der Waals surface area (Å²) in [7, 11) is 0. The van der Waals surface area contributed by atoms with Crippen LogP contribution in [0.2, 0.25) is 0 Å². The molecule has 0 bridgehead atoms. The predicted octanol–water partition coefficient (Wildman–Crippen LogP) is 6.53. The first-order valence-electron chi connectivity index (χ1n) is 9.88. The van der Waals surface area contributed by atoms with Gasteiger partial charge in [-0.3, -0.25) is 4.79 Å². The van der Waals surface area contributed by atoms with Gasteiger partial charge >= 0.3 is 0 Å². The summed E-state index contributed by atoms with van der Waals surface area (Å²) < 4.78 is 0. The van der Waals surface area contributed by atoms with Gasteiger partial charge < -0.3 is 5.32 Å². The van der Waals surface area contributed by atoms with Gasteiger partial charge in [0.25, 0.3) is 0 Å². The fourth-order valence-corrected chi connectivity index (χ4v) is 3.22. The number of amides is 1. The molecular formula is C26H29NO. The van der Waals surface area contributed by atoms with E-state index in [2.05, 4.69) is 93.7 Å². The van der Waals surface area contributed by atoms with Gasteiger partial charge in [0.15, 0.2) is 0 Å². The minimum absolute atomic E-state index is 0.0446. The summed E-state index contributed by atoms with van der Waals surface area (Å²) in [5.74, 6) is 0.0446. The highest BCUT2D eigenvalue weighted by atomic mass is 16.1. The minimum Gasteiger partial charge on any atom is -0.326 e. The van der Waals surface area contributed by atoms with E-state index in [1.54, 1.807) is 0 Å². The van der Waals surface area contributed by atoms with Crippen LogP contribution >= 0.6 is 0 Å². The topological polar surface area (TPSA) is 29.1 Å². The van der Waals surface area contributed by atoms with Gasteiger partial charge in [0.1, 0.15) is 0 Å². The van der Waals surface area contributed by atoms with E-state index >= 15 is 0 Å². The normalized spacial score (nSPS) is 11.3. The maximum atomic E-state index is 12.3. The molecule has 1 N–H and O–H groups in total. The molecule has 3 aromatic rings. The van der Waals surface area contributed by atoms with E-state index in [9.17, 15) is 4.79 Å². The largest absolute Gasteiger partial charge is 0.326 e. The number of carbonyl (C=O) groups is 1. The van der Waals surface area contributed by atoms with Crippen LogP contribution in [0.25, 0.3) is 11.1 Å². The van der Waals surface area contributed by atoms with Crippen LogP contribution in [-0.2, 0) is 16.6 Å². The molecule has 28 heavy (non-hydrogen) atoms. The van der Waals surface area contributed by atoms with E-state index in [-0.39, 0.29) is 11.3 Å². The van der Waals surface area contributed by atoms with Crippen molar-refractivity contribution in [2.75, 3.05) is 5.32 Å². The number of benzene rings is 3.